The third kappa shape index (κ3) is 4.35. The second kappa shape index (κ2) is 8.23. The van der Waals surface area contributed by atoms with Crippen LogP contribution in [0.15, 0.2) is 48.5 Å². The molecule has 3 rings (SSSR count). The zero-order valence-electron chi connectivity index (χ0n) is 15.4. The normalized spacial score (nSPS) is 14.6. The monoisotopic (exact) mass is 354 g/mol. The van der Waals surface area contributed by atoms with Crippen LogP contribution in [0.3, 0.4) is 0 Å². The number of hydrogen-bond donors (Lipinski definition) is 1. The van der Waals surface area contributed by atoms with Gasteiger partial charge in [-0.05, 0) is 36.6 Å². The van der Waals surface area contributed by atoms with E-state index in [-0.39, 0.29) is 11.9 Å². The average molecular weight is 354 g/mol. The number of benzene rings is 2. The molecule has 1 aliphatic carbocycles. The Hall–Kier alpha value is -2.53. The average Bonchev–Trinajstić information content (AvgIpc) is 3.51. The maximum atomic E-state index is 12.9. The highest BCUT2D eigenvalue weighted by molar-refractivity contribution is 5.78. The van der Waals surface area contributed by atoms with Gasteiger partial charge < -0.3 is 20.1 Å². The Labute approximate surface area is 154 Å². The molecule has 1 saturated carbocycles. The summed E-state index contributed by atoms with van der Waals surface area (Å²) in [5, 5.41) is 0. The Kier molecular flexibility index (Phi) is 5.78. The third-order valence-corrected chi connectivity index (χ3v) is 4.76. The highest BCUT2D eigenvalue weighted by atomic mass is 16.5. The Morgan fingerprint density at radius 2 is 1.88 bits per heavy atom. The molecule has 0 spiro atoms. The number of carbonyl (C=O) groups is 1. The smallest absolute Gasteiger partial charge is 0.225 e. The van der Waals surface area contributed by atoms with Crippen LogP contribution in [0.4, 0.5) is 0 Å². The molecule has 1 unspecified atom stereocenters. The van der Waals surface area contributed by atoms with Gasteiger partial charge in [-0.25, -0.2) is 0 Å². The number of amides is 1. The van der Waals surface area contributed by atoms with Gasteiger partial charge in [0.1, 0.15) is 11.5 Å². The molecule has 2 aromatic rings. The van der Waals surface area contributed by atoms with Crippen molar-refractivity contribution in [1.29, 1.82) is 0 Å². The molecule has 0 aliphatic heterocycles. The van der Waals surface area contributed by atoms with E-state index in [0.717, 1.165) is 35.5 Å². The molecule has 1 aliphatic rings. The maximum Gasteiger partial charge on any atom is 0.225 e. The van der Waals surface area contributed by atoms with Crippen LogP contribution in [0.25, 0.3) is 0 Å². The van der Waals surface area contributed by atoms with Crippen molar-refractivity contribution >= 4 is 5.91 Å². The number of nitrogens with two attached hydrogens (primary N) is 1. The lowest BCUT2D eigenvalue weighted by Crippen LogP contribution is -2.34. The summed E-state index contributed by atoms with van der Waals surface area (Å²) < 4.78 is 10.8. The Morgan fingerprint density at radius 1 is 1.15 bits per heavy atom. The quantitative estimate of drug-likeness (QED) is 0.790. The van der Waals surface area contributed by atoms with Gasteiger partial charge in [0, 0.05) is 30.6 Å². The van der Waals surface area contributed by atoms with Crippen molar-refractivity contribution in [3.8, 4) is 11.5 Å². The van der Waals surface area contributed by atoms with Gasteiger partial charge in [0.25, 0.3) is 0 Å². The fourth-order valence-electron chi connectivity index (χ4n) is 3.12. The molecular formula is C21H26N2O3. The summed E-state index contributed by atoms with van der Waals surface area (Å²) in [7, 11) is 3.27. The molecule has 1 amide bonds. The summed E-state index contributed by atoms with van der Waals surface area (Å²) in [4.78, 5) is 14.9. The summed E-state index contributed by atoms with van der Waals surface area (Å²) in [5.74, 6) is 1.59. The second-order valence-corrected chi connectivity index (χ2v) is 6.65. The predicted molar refractivity (Wildman–Crippen MR) is 101 cm³/mol. The van der Waals surface area contributed by atoms with Crippen LogP contribution in [0.1, 0.15) is 36.4 Å². The van der Waals surface area contributed by atoms with Gasteiger partial charge in [-0.2, -0.15) is 0 Å². The van der Waals surface area contributed by atoms with Gasteiger partial charge in [0.15, 0.2) is 0 Å². The van der Waals surface area contributed by atoms with Crippen molar-refractivity contribution in [2.45, 2.75) is 37.9 Å². The van der Waals surface area contributed by atoms with Crippen molar-refractivity contribution in [3.63, 3.8) is 0 Å². The molecule has 1 fully saturated rings. The van der Waals surface area contributed by atoms with E-state index in [4.69, 9.17) is 15.2 Å². The van der Waals surface area contributed by atoms with Crippen molar-refractivity contribution in [3.05, 3.63) is 59.7 Å². The first kappa shape index (κ1) is 18.3. The first-order chi connectivity index (χ1) is 12.6. The molecule has 5 nitrogen and oxygen atoms in total. The fraction of sp³-hybridized carbons (Fsp3) is 0.381. The van der Waals surface area contributed by atoms with Crippen LogP contribution in [0, 0.1) is 0 Å². The van der Waals surface area contributed by atoms with E-state index in [2.05, 4.69) is 0 Å². The summed E-state index contributed by atoms with van der Waals surface area (Å²) in [6.07, 6.45) is 2.38. The largest absolute Gasteiger partial charge is 0.497 e. The minimum Gasteiger partial charge on any atom is -0.497 e. The van der Waals surface area contributed by atoms with E-state index in [1.165, 1.54) is 0 Å². The van der Waals surface area contributed by atoms with Crippen molar-refractivity contribution in [1.82, 2.24) is 4.90 Å². The van der Waals surface area contributed by atoms with Gasteiger partial charge in [-0.3, -0.25) is 4.79 Å². The number of nitrogens with zero attached hydrogens (tertiary/aromatic N) is 1. The second-order valence-electron chi connectivity index (χ2n) is 6.65. The molecule has 138 valence electrons. The zero-order valence-corrected chi connectivity index (χ0v) is 15.4. The van der Waals surface area contributed by atoms with Crippen LogP contribution in [-0.2, 0) is 11.3 Å². The van der Waals surface area contributed by atoms with Crippen LogP contribution in [0.5, 0.6) is 11.5 Å². The van der Waals surface area contributed by atoms with E-state index in [1.807, 2.05) is 53.4 Å². The minimum atomic E-state index is -0.294. The SMILES string of the molecule is COc1ccc(OC)c(CN(C(=O)CC(N)c2ccccc2)C2CC2)c1. The summed E-state index contributed by atoms with van der Waals surface area (Å²) in [5.41, 5.74) is 8.18. The summed E-state index contributed by atoms with van der Waals surface area (Å²) >= 11 is 0. The van der Waals surface area contributed by atoms with Crippen LogP contribution in [-0.4, -0.2) is 31.1 Å². The third-order valence-electron chi connectivity index (χ3n) is 4.76. The first-order valence-electron chi connectivity index (χ1n) is 8.93. The topological polar surface area (TPSA) is 64.8 Å². The number of ether oxygens (including phenoxy) is 2. The molecule has 26 heavy (non-hydrogen) atoms. The van der Waals surface area contributed by atoms with E-state index in [9.17, 15) is 4.79 Å². The fourth-order valence-corrected chi connectivity index (χ4v) is 3.12. The molecule has 5 heteroatoms. The molecule has 1 atom stereocenters. The molecule has 2 aromatic carbocycles. The van der Waals surface area contributed by atoms with E-state index < -0.39 is 0 Å². The summed E-state index contributed by atoms with van der Waals surface area (Å²) in [6.45, 7) is 0.505. The van der Waals surface area contributed by atoms with Gasteiger partial charge in [-0.15, -0.1) is 0 Å². The molecule has 0 aromatic heterocycles. The first-order valence-corrected chi connectivity index (χ1v) is 8.93. The molecular weight excluding hydrogens is 328 g/mol. The van der Waals surface area contributed by atoms with Crippen LogP contribution >= 0.6 is 0 Å². The number of rotatable bonds is 8. The lowest BCUT2D eigenvalue weighted by molar-refractivity contribution is -0.132. The van der Waals surface area contributed by atoms with E-state index in [0.29, 0.717) is 19.0 Å². The Balaban J connectivity index is 1.74. The number of carbonyl (C=O) groups excluding carboxylic acids is 1. The maximum absolute atomic E-state index is 12.9. The molecule has 0 saturated heterocycles. The predicted octanol–water partition coefficient (Wildman–Crippen LogP) is 3.28. The minimum absolute atomic E-state index is 0.0775. The van der Waals surface area contributed by atoms with E-state index in [1.54, 1.807) is 14.2 Å². The standard InChI is InChI=1S/C21H26N2O3/c1-25-18-10-11-20(26-2)16(12-18)14-23(17-8-9-17)21(24)13-19(22)15-6-4-3-5-7-15/h3-7,10-12,17,19H,8-9,13-14,22H2,1-2H3. The van der Waals surface area contributed by atoms with Crippen molar-refractivity contribution < 1.29 is 14.3 Å². The van der Waals surface area contributed by atoms with Gasteiger partial charge in [0.2, 0.25) is 5.91 Å². The van der Waals surface area contributed by atoms with Gasteiger partial charge >= 0.3 is 0 Å². The highest BCUT2D eigenvalue weighted by Gasteiger charge is 2.33. The van der Waals surface area contributed by atoms with Crippen molar-refractivity contribution in [2.75, 3.05) is 14.2 Å². The van der Waals surface area contributed by atoms with E-state index >= 15 is 0 Å². The Bertz CT molecular complexity index is 744. The van der Waals surface area contributed by atoms with Crippen LogP contribution in [0.2, 0.25) is 0 Å². The molecule has 2 N–H and O–H groups in total. The molecule has 0 radical (unpaired) electrons. The summed E-state index contributed by atoms with van der Waals surface area (Å²) in [6, 6.07) is 15.4. The van der Waals surface area contributed by atoms with Crippen LogP contribution < -0.4 is 15.2 Å². The lowest BCUT2D eigenvalue weighted by atomic mass is 10.0. The van der Waals surface area contributed by atoms with Gasteiger partial charge in [0.05, 0.1) is 14.2 Å². The lowest BCUT2D eigenvalue weighted by Gasteiger charge is -2.25. The number of hydrogen-bond acceptors (Lipinski definition) is 4. The molecule has 0 bridgehead atoms. The highest BCUT2D eigenvalue weighted by Crippen LogP contribution is 2.33. The molecule has 0 heterocycles. The zero-order chi connectivity index (χ0) is 18.5. The number of methoxy groups -OCH3 is 2. The Morgan fingerprint density at radius 3 is 2.50 bits per heavy atom. The van der Waals surface area contributed by atoms with Crippen molar-refractivity contribution in [2.24, 2.45) is 5.73 Å². The van der Waals surface area contributed by atoms with Gasteiger partial charge in [-0.1, -0.05) is 30.3 Å².